The Hall–Kier alpha value is -1.72. The van der Waals surface area contributed by atoms with Crippen LogP contribution in [0.5, 0.6) is 0 Å². The summed E-state index contributed by atoms with van der Waals surface area (Å²) in [5.74, 6) is 1.72. The monoisotopic (exact) mass is 326 g/mol. The smallest absolute Gasteiger partial charge is 0.225 e. The number of anilines is 1. The van der Waals surface area contributed by atoms with Gasteiger partial charge in [0, 0.05) is 24.7 Å². The molecule has 2 aliphatic rings. The first-order valence-corrected chi connectivity index (χ1v) is 9.17. The number of rotatable bonds is 3. The van der Waals surface area contributed by atoms with Gasteiger partial charge in [-0.3, -0.25) is 0 Å². The normalized spacial score (nSPS) is 22.0. The minimum Gasteiger partial charge on any atom is -0.393 e. The highest BCUT2D eigenvalue weighted by atomic mass is 16.3. The molecule has 0 bridgehead atoms. The molecule has 1 unspecified atom stereocenters. The summed E-state index contributed by atoms with van der Waals surface area (Å²) >= 11 is 0. The SMILES string of the molecule is OC(C1CCNCC1)C1CCN(c2ncc3ccccc3n2)CC1. The minimum absolute atomic E-state index is 0.147. The Kier molecular flexibility index (Phi) is 4.63. The van der Waals surface area contributed by atoms with Crippen LogP contribution >= 0.6 is 0 Å². The average Bonchev–Trinajstić information content (AvgIpc) is 2.68. The molecule has 3 heterocycles. The summed E-state index contributed by atoms with van der Waals surface area (Å²) in [5.41, 5.74) is 0.999. The molecule has 5 nitrogen and oxygen atoms in total. The standard InChI is InChI=1S/C19H26N4O/c24-18(14-5-9-20-10-6-14)15-7-11-23(12-8-15)19-21-13-16-3-1-2-4-17(16)22-19/h1-4,13-15,18,20,24H,5-12H2. The summed E-state index contributed by atoms with van der Waals surface area (Å²) in [6.07, 6.45) is 6.03. The van der Waals surface area contributed by atoms with Crippen molar-refractivity contribution in [1.82, 2.24) is 15.3 Å². The second-order valence-electron chi connectivity index (χ2n) is 7.13. The molecule has 4 rings (SSSR count). The molecule has 2 N–H and O–H groups in total. The van der Waals surface area contributed by atoms with Crippen LogP contribution in [0, 0.1) is 11.8 Å². The molecule has 24 heavy (non-hydrogen) atoms. The van der Waals surface area contributed by atoms with Gasteiger partial charge in [-0.05, 0) is 56.7 Å². The number of piperidine rings is 2. The third-order valence-corrected chi connectivity index (χ3v) is 5.65. The van der Waals surface area contributed by atoms with E-state index in [9.17, 15) is 5.11 Å². The maximum atomic E-state index is 10.7. The summed E-state index contributed by atoms with van der Waals surface area (Å²) in [6.45, 7) is 3.97. The van der Waals surface area contributed by atoms with Crippen molar-refractivity contribution in [3.63, 3.8) is 0 Å². The number of para-hydroxylation sites is 1. The number of nitrogens with zero attached hydrogens (tertiary/aromatic N) is 3. The van der Waals surface area contributed by atoms with E-state index in [0.29, 0.717) is 11.8 Å². The molecular weight excluding hydrogens is 300 g/mol. The molecule has 0 amide bonds. The van der Waals surface area contributed by atoms with E-state index in [-0.39, 0.29) is 6.10 Å². The van der Waals surface area contributed by atoms with Crippen molar-refractivity contribution in [2.24, 2.45) is 11.8 Å². The number of aliphatic hydroxyl groups is 1. The molecule has 0 aliphatic carbocycles. The number of nitrogens with one attached hydrogen (secondary N) is 1. The third-order valence-electron chi connectivity index (χ3n) is 5.65. The molecule has 1 aromatic heterocycles. The first kappa shape index (κ1) is 15.8. The van der Waals surface area contributed by atoms with Gasteiger partial charge in [0.05, 0.1) is 11.6 Å². The second-order valence-corrected chi connectivity index (χ2v) is 7.13. The highest BCUT2D eigenvalue weighted by molar-refractivity contribution is 5.78. The van der Waals surface area contributed by atoms with E-state index in [1.54, 1.807) is 0 Å². The molecule has 2 saturated heterocycles. The van der Waals surface area contributed by atoms with E-state index in [4.69, 9.17) is 4.98 Å². The minimum atomic E-state index is -0.147. The van der Waals surface area contributed by atoms with Crippen molar-refractivity contribution in [3.05, 3.63) is 30.5 Å². The van der Waals surface area contributed by atoms with Gasteiger partial charge in [0.25, 0.3) is 0 Å². The van der Waals surface area contributed by atoms with Gasteiger partial charge in [0.2, 0.25) is 5.95 Å². The molecular formula is C19H26N4O. The van der Waals surface area contributed by atoms with Crippen LogP contribution in [0.2, 0.25) is 0 Å². The van der Waals surface area contributed by atoms with Gasteiger partial charge < -0.3 is 15.3 Å². The van der Waals surface area contributed by atoms with Crippen molar-refractivity contribution >= 4 is 16.9 Å². The summed E-state index contributed by atoms with van der Waals surface area (Å²) in [4.78, 5) is 11.5. The fraction of sp³-hybridized carbons (Fsp3) is 0.579. The summed E-state index contributed by atoms with van der Waals surface area (Å²) in [7, 11) is 0. The highest BCUT2D eigenvalue weighted by Crippen LogP contribution is 2.30. The van der Waals surface area contributed by atoms with E-state index in [0.717, 1.165) is 68.7 Å². The maximum absolute atomic E-state index is 10.7. The van der Waals surface area contributed by atoms with Crippen LogP contribution in [0.25, 0.3) is 10.9 Å². The first-order chi connectivity index (χ1) is 11.8. The predicted octanol–water partition coefficient (Wildman–Crippen LogP) is 2.21. The topological polar surface area (TPSA) is 61.3 Å². The Morgan fingerprint density at radius 2 is 1.75 bits per heavy atom. The van der Waals surface area contributed by atoms with Crippen LogP contribution in [-0.4, -0.2) is 47.4 Å². The quantitative estimate of drug-likeness (QED) is 0.905. The number of hydrogen-bond donors (Lipinski definition) is 2. The van der Waals surface area contributed by atoms with E-state index in [2.05, 4.69) is 15.2 Å². The van der Waals surface area contributed by atoms with Gasteiger partial charge in [0.15, 0.2) is 0 Å². The molecule has 128 valence electrons. The van der Waals surface area contributed by atoms with E-state index in [1.165, 1.54) is 0 Å². The Labute approximate surface area is 143 Å². The van der Waals surface area contributed by atoms with Gasteiger partial charge in [-0.15, -0.1) is 0 Å². The average molecular weight is 326 g/mol. The fourth-order valence-electron chi connectivity index (χ4n) is 4.13. The molecule has 2 fully saturated rings. The zero-order valence-corrected chi connectivity index (χ0v) is 14.1. The van der Waals surface area contributed by atoms with Crippen molar-refractivity contribution in [1.29, 1.82) is 0 Å². The number of hydrogen-bond acceptors (Lipinski definition) is 5. The number of benzene rings is 1. The summed E-state index contributed by atoms with van der Waals surface area (Å²) < 4.78 is 0. The molecule has 0 spiro atoms. The van der Waals surface area contributed by atoms with Gasteiger partial charge in [0.1, 0.15) is 0 Å². The Balaban J connectivity index is 1.39. The molecule has 1 aromatic carbocycles. The van der Waals surface area contributed by atoms with E-state index >= 15 is 0 Å². The van der Waals surface area contributed by atoms with Crippen LogP contribution in [0.15, 0.2) is 30.5 Å². The number of fused-ring (bicyclic) bond motifs is 1. The van der Waals surface area contributed by atoms with Crippen LogP contribution in [0.3, 0.4) is 0 Å². The van der Waals surface area contributed by atoms with Gasteiger partial charge in [-0.2, -0.15) is 0 Å². The summed E-state index contributed by atoms with van der Waals surface area (Å²) in [6, 6.07) is 8.11. The largest absolute Gasteiger partial charge is 0.393 e. The van der Waals surface area contributed by atoms with Crippen molar-refractivity contribution in [3.8, 4) is 0 Å². The lowest BCUT2D eigenvalue weighted by Gasteiger charge is -2.38. The highest BCUT2D eigenvalue weighted by Gasteiger charge is 2.31. The zero-order valence-electron chi connectivity index (χ0n) is 14.1. The van der Waals surface area contributed by atoms with E-state index in [1.807, 2.05) is 30.5 Å². The Morgan fingerprint density at radius 3 is 2.54 bits per heavy atom. The van der Waals surface area contributed by atoms with Crippen molar-refractivity contribution < 1.29 is 5.11 Å². The lowest BCUT2D eigenvalue weighted by atomic mass is 9.80. The maximum Gasteiger partial charge on any atom is 0.225 e. The fourth-order valence-corrected chi connectivity index (χ4v) is 4.13. The Bertz CT molecular complexity index is 678. The van der Waals surface area contributed by atoms with Crippen molar-refractivity contribution in [2.45, 2.75) is 31.8 Å². The van der Waals surface area contributed by atoms with Gasteiger partial charge >= 0.3 is 0 Å². The zero-order chi connectivity index (χ0) is 16.4. The second kappa shape index (κ2) is 7.03. The molecule has 5 heteroatoms. The van der Waals surface area contributed by atoms with Crippen molar-refractivity contribution in [2.75, 3.05) is 31.1 Å². The number of aromatic nitrogens is 2. The Morgan fingerprint density at radius 1 is 1.04 bits per heavy atom. The van der Waals surface area contributed by atoms with Gasteiger partial charge in [-0.1, -0.05) is 18.2 Å². The van der Waals surface area contributed by atoms with Crippen LogP contribution in [0.4, 0.5) is 5.95 Å². The molecule has 0 saturated carbocycles. The molecule has 2 aromatic rings. The van der Waals surface area contributed by atoms with Crippen LogP contribution < -0.4 is 10.2 Å². The molecule has 1 atom stereocenters. The third kappa shape index (κ3) is 3.23. The lowest BCUT2D eigenvalue weighted by Crippen LogP contribution is -2.43. The van der Waals surface area contributed by atoms with Crippen LogP contribution in [0.1, 0.15) is 25.7 Å². The molecule has 2 aliphatic heterocycles. The molecule has 0 radical (unpaired) electrons. The lowest BCUT2D eigenvalue weighted by molar-refractivity contribution is 0.0264. The predicted molar refractivity (Wildman–Crippen MR) is 96.1 cm³/mol. The van der Waals surface area contributed by atoms with Crippen LogP contribution in [-0.2, 0) is 0 Å². The van der Waals surface area contributed by atoms with E-state index < -0.39 is 0 Å². The number of aliphatic hydroxyl groups excluding tert-OH is 1. The van der Waals surface area contributed by atoms with Gasteiger partial charge in [-0.25, -0.2) is 9.97 Å². The first-order valence-electron chi connectivity index (χ1n) is 9.17. The summed E-state index contributed by atoms with van der Waals surface area (Å²) in [5, 5.41) is 15.2.